The molecule has 0 aliphatic rings. The minimum Gasteiger partial charge on any atom is -0.508 e. The molecule has 0 unspecified atom stereocenters. The van der Waals surface area contributed by atoms with Crippen LogP contribution in [0.3, 0.4) is 0 Å². The molecule has 0 saturated carbocycles. The number of nitrogen functional groups attached to an aromatic ring is 1. The predicted molar refractivity (Wildman–Crippen MR) is 65.6 cm³/mol. The zero-order chi connectivity index (χ0) is 12.3. The van der Waals surface area contributed by atoms with Crippen molar-refractivity contribution in [1.82, 2.24) is 0 Å². The summed E-state index contributed by atoms with van der Waals surface area (Å²) in [5.41, 5.74) is 6.26. The molecule has 88 valence electrons. The molecule has 0 spiro atoms. The molecule has 2 aromatic rings. The maximum absolute atomic E-state index is 9.32. The molecule has 2 aromatic carbocycles. The maximum atomic E-state index is 9.32. The van der Waals surface area contributed by atoms with E-state index in [4.69, 9.17) is 15.2 Å². The zero-order valence-electron chi connectivity index (χ0n) is 9.38. The molecule has 0 saturated heterocycles. The van der Waals surface area contributed by atoms with Crippen molar-refractivity contribution in [2.45, 2.75) is 0 Å². The third-order valence-electron chi connectivity index (χ3n) is 2.26. The largest absolute Gasteiger partial charge is 0.508 e. The maximum Gasteiger partial charge on any atom is 0.169 e. The summed E-state index contributed by atoms with van der Waals surface area (Å²) in [6, 6.07) is 11.7. The molecule has 0 radical (unpaired) electrons. The van der Waals surface area contributed by atoms with E-state index in [2.05, 4.69) is 0 Å². The fraction of sp³-hybridized carbons (Fsp3) is 0.0769. The minimum absolute atomic E-state index is 0.131. The Hall–Kier alpha value is -2.36. The smallest absolute Gasteiger partial charge is 0.169 e. The van der Waals surface area contributed by atoms with Crippen LogP contribution in [0.2, 0.25) is 0 Å². The standard InChI is InChI=1S/C13H13NO3/c1-16-13-8-10(15)4-7-12(13)17-11-5-2-9(14)3-6-11/h2-8,15H,14H2,1H3. The number of phenolic OH excluding ortho intramolecular Hbond substituents is 1. The van der Waals surface area contributed by atoms with E-state index in [9.17, 15) is 5.11 Å². The van der Waals surface area contributed by atoms with Crippen molar-refractivity contribution in [3.63, 3.8) is 0 Å². The Kier molecular flexibility index (Phi) is 3.05. The average molecular weight is 231 g/mol. The van der Waals surface area contributed by atoms with Crippen LogP contribution in [0.4, 0.5) is 5.69 Å². The number of benzene rings is 2. The van der Waals surface area contributed by atoms with Gasteiger partial charge in [0.15, 0.2) is 11.5 Å². The van der Waals surface area contributed by atoms with Crippen LogP contribution in [-0.4, -0.2) is 12.2 Å². The molecule has 0 aliphatic heterocycles. The van der Waals surface area contributed by atoms with Crippen LogP contribution in [0, 0.1) is 0 Å². The highest BCUT2D eigenvalue weighted by atomic mass is 16.5. The van der Waals surface area contributed by atoms with Gasteiger partial charge in [0.25, 0.3) is 0 Å². The van der Waals surface area contributed by atoms with Crippen molar-refractivity contribution < 1.29 is 14.6 Å². The zero-order valence-corrected chi connectivity index (χ0v) is 9.38. The fourth-order valence-electron chi connectivity index (χ4n) is 1.40. The molecule has 0 bridgehead atoms. The Bertz CT molecular complexity index is 509. The van der Waals surface area contributed by atoms with Gasteiger partial charge >= 0.3 is 0 Å². The van der Waals surface area contributed by atoms with E-state index in [1.807, 2.05) is 0 Å². The van der Waals surface area contributed by atoms with E-state index < -0.39 is 0 Å². The van der Waals surface area contributed by atoms with Crippen LogP contribution in [0.1, 0.15) is 0 Å². The summed E-state index contributed by atoms with van der Waals surface area (Å²) in [7, 11) is 1.52. The number of hydrogen-bond acceptors (Lipinski definition) is 4. The van der Waals surface area contributed by atoms with E-state index in [1.54, 1.807) is 30.3 Å². The molecule has 3 N–H and O–H groups in total. The van der Waals surface area contributed by atoms with Crippen LogP contribution in [0.15, 0.2) is 42.5 Å². The summed E-state index contributed by atoms with van der Waals surface area (Å²) in [5.74, 6) is 1.80. The number of methoxy groups -OCH3 is 1. The van der Waals surface area contributed by atoms with Crippen LogP contribution in [0.25, 0.3) is 0 Å². The van der Waals surface area contributed by atoms with Gasteiger partial charge in [-0.1, -0.05) is 0 Å². The van der Waals surface area contributed by atoms with E-state index in [0.29, 0.717) is 22.9 Å². The Morgan fingerprint density at radius 3 is 2.35 bits per heavy atom. The van der Waals surface area contributed by atoms with Crippen molar-refractivity contribution in [3.8, 4) is 23.0 Å². The highest BCUT2D eigenvalue weighted by molar-refractivity contribution is 5.48. The van der Waals surface area contributed by atoms with Gasteiger partial charge in [-0.3, -0.25) is 0 Å². The lowest BCUT2D eigenvalue weighted by atomic mass is 10.3. The highest BCUT2D eigenvalue weighted by Gasteiger charge is 2.06. The summed E-state index contributed by atoms with van der Waals surface area (Å²) < 4.78 is 10.7. The van der Waals surface area contributed by atoms with Crippen molar-refractivity contribution in [2.24, 2.45) is 0 Å². The molecule has 0 aliphatic carbocycles. The molecule has 4 heteroatoms. The van der Waals surface area contributed by atoms with Gasteiger partial charge in [-0.15, -0.1) is 0 Å². The van der Waals surface area contributed by atoms with Crippen molar-refractivity contribution >= 4 is 5.69 Å². The summed E-state index contributed by atoms with van der Waals surface area (Å²) in [6.45, 7) is 0. The first kappa shape index (κ1) is 11.1. The molecule has 4 nitrogen and oxygen atoms in total. The molecule has 0 amide bonds. The molecule has 17 heavy (non-hydrogen) atoms. The number of rotatable bonds is 3. The minimum atomic E-state index is 0.131. The lowest BCUT2D eigenvalue weighted by Gasteiger charge is -2.10. The van der Waals surface area contributed by atoms with Crippen LogP contribution < -0.4 is 15.2 Å². The van der Waals surface area contributed by atoms with Crippen LogP contribution in [-0.2, 0) is 0 Å². The van der Waals surface area contributed by atoms with E-state index in [0.717, 1.165) is 0 Å². The van der Waals surface area contributed by atoms with Crippen LogP contribution in [0.5, 0.6) is 23.0 Å². The highest BCUT2D eigenvalue weighted by Crippen LogP contribution is 2.34. The monoisotopic (exact) mass is 231 g/mol. The Labute approximate surface area is 99.2 Å². The molecule has 0 atom stereocenters. The van der Waals surface area contributed by atoms with Gasteiger partial charge in [0, 0.05) is 11.8 Å². The van der Waals surface area contributed by atoms with E-state index in [1.165, 1.54) is 19.2 Å². The number of ether oxygens (including phenoxy) is 2. The second kappa shape index (κ2) is 4.65. The van der Waals surface area contributed by atoms with Gasteiger partial charge < -0.3 is 20.3 Å². The quantitative estimate of drug-likeness (QED) is 0.797. The summed E-state index contributed by atoms with van der Waals surface area (Å²) >= 11 is 0. The molecule has 0 heterocycles. The second-order valence-corrected chi connectivity index (χ2v) is 3.51. The Balaban J connectivity index is 2.26. The first-order valence-corrected chi connectivity index (χ1v) is 5.09. The normalized spacial score (nSPS) is 9.94. The number of hydrogen-bond donors (Lipinski definition) is 2. The first-order valence-electron chi connectivity index (χ1n) is 5.09. The lowest BCUT2D eigenvalue weighted by Crippen LogP contribution is -1.90. The Morgan fingerprint density at radius 1 is 1.00 bits per heavy atom. The van der Waals surface area contributed by atoms with Gasteiger partial charge in [0.05, 0.1) is 7.11 Å². The molecule has 0 fully saturated rings. The SMILES string of the molecule is COc1cc(O)ccc1Oc1ccc(N)cc1. The van der Waals surface area contributed by atoms with E-state index >= 15 is 0 Å². The van der Waals surface area contributed by atoms with Gasteiger partial charge in [0.2, 0.25) is 0 Å². The van der Waals surface area contributed by atoms with Crippen molar-refractivity contribution in [3.05, 3.63) is 42.5 Å². The number of anilines is 1. The summed E-state index contributed by atoms with van der Waals surface area (Å²) in [6.07, 6.45) is 0. The first-order chi connectivity index (χ1) is 8.19. The van der Waals surface area contributed by atoms with Crippen molar-refractivity contribution in [2.75, 3.05) is 12.8 Å². The summed E-state index contributed by atoms with van der Waals surface area (Å²) in [4.78, 5) is 0. The van der Waals surface area contributed by atoms with Crippen LogP contribution >= 0.6 is 0 Å². The number of nitrogens with two attached hydrogens (primary N) is 1. The Morgan fingerprint density at radius 2 is 1.71 bits per heavy atom. The second-order valence-electron chi connectivity index (χ2n) is 3.51. The average Bonchev–Trinajstić information content (AvgIpc) is 2.34. The number of aromatic hydroxyl groups is 1. The molecular weight excluding hydrogens is 218 g/mol. The number of phenols is 1. The van der Waals surface area contributed by atoms with Gasteiger partial charge in [-0.25, -0.2) is 0 Å². The third-order valence-corrected chi connectivity index (χ3v) is 2.26. The van der Waals surface area contributed by atoms with E-state index in [-0.39, 0.29) is 5.75 Å². The van der Waals surface area contributed by atoms with Gasteiger partial charge in [-0.05, 0) is 36.4 Å². The van der Waals surface area contributed by atoms with Gasteiger partial charge in [0.1, 0.15) is 11.5 Å². The third kappa shape index (κ3) is 2.60. The molecule has 2 rings (SSSR count). The fourth-order valence-corrected chi connectivity index (χ4v) is 1.40. The predicted octanol–water partition coefficient (Wildman–Crippen LogP) is 2.78. The molecule has 0 aromatic heterocycles. The topological polar surface area (TPSA) is 64.7 Å². The molecular formula is C13H13NO3. The van der Waals surface area contributed by atoms with Gasteiger partial charge in [-0.2, -0.15) is 0 Å². The lowest BCUT2D eigenvalue weighted by molar-refractivity contribution is 0.374. The van der Waals surface area contributed by atoms with Crippen molar-refractivity contribution in [1.29, 1.82) is 0 Å². The summed E-state index contributed by atoms with van der Waals surface area (Å²) in [5, 5.41) is 9.32.